The van der Waals surface area contributed by atoms with E-state index in [-0.39, 0.29) is 11.7 Å². The van der Waals surface area contributed by atoms with Crippen molar-refractivity contribution in [3.63, 3.8) is 0 Å². The first-order chi connectivity index (χ1) is 11.9. The van der Waals surface area contributed by atoms with Crippen LogP contribution < -0.4 is 0 Å². The average molecular weight is 391 g/mol. The molecule has 0 bridgehead atoms. The number of aryl methyl sites for hydroxylation is 1. The molecule has 7 heteroatoms. The van der Waals surface area contributed by atoms with Crippen LogP contribution in [0.4, 0.5) is 0 Å². The third-order valence-corrected chi connectivity index (χ3v) is 6.92. The highest BCUT2D eigenvalue weighted by Gasteiger charge is 2.24. The van der Waals surface area contributed by atoms with Gasteiger partial charge in [0, 0.05) is 12.3 Å². The summed E-state index contributed by atoms with van der Waals surface area (Å²) in [6, 6.07) is 16.6. The van der Waals surface area contributed by atoms with E-state index in [0.29, 0.717) is 15.3 Å². The number of nitrogens with one attached hydrogen (secondary N) is 1. The van der Waals surface area contributed by atoms with Gasteiger partial charge in [0.25, 0.3) is 0 Å². The molecule has 3 aromatic rings. The van der Waals surface area contributed by atoms with E-state index in [2.05, 4.69) is 10.2 Å². The third-order valence-electron chi connectivity index (χ3n) is 3.98. The zero-order valence-corrected chi connectivity index (χ0v) is 16.1. The lowest BCUT2D eigenvalue weighted by atomic mass is 9.97. The molecule has 0 saturated heterocycles. The molecule has 4 nitrogen and oxygen atoms in total. The smallest absolute Gasteiger partial charge is 0.178 e. The van der Waals surface area contributed by atoms with Crippen molar-refractivity contribution in [1.29, 1.82) is 0 Å². The normalized spacial score (nSPS) is 12.8. The Morgan fingerprint density at radius 1 is 1.12 bits per heavy atom. The number of sulfone groups is 1. The van der Waals surface area contributed by atoms with Gasteiger partial charge in [0.15, 0.2) is 13.8 Å². The van der Waals surface area contributed by atoms with Crippen LogP contribution in [-0.4, -0.2) is 24.4 Å². The molecule has 1 atom stereocenters. The molecule has 0 aliphatic rings. The number of aromatic nitrogens is 2. The van der Waals surface area contributed by atoms with Crippen LogP contribution in [0, 0.1) is 10.9 Å². The summed E-state index contributed by atoms with van der Waals surface area (Å²) >= 11 is 6.48. The van der Waals surface area contributed by atoms with Gasteiger partial charge in [0.2, 0.25) is 0 Å². The molecule has 0 spiro atoms. The predicted octanol–water partition coefficient (Wildman–Crippen LogP) is 4.31. The van der Waals surface area contributed by atoms with Gasteiger partial charge in [-0.25, -0.2) is 8.42 Å². The van der Waals surface area contributed by atoms with Crippen LogP contribution >= 0.6 is 23.6 Å². The van der Waals surface area contributed by atoms with Crippen molar-refractivity contribution in [2.24, 2.45) is 0 Å². The predicted molar refractivity (Wildman–Crippen MR) is 103 cm³/mol. The summed E-state index contributed by atoms with van der Waals surface area (Å²) in [6.07, 6.45) is 0.535. The summed E-state index contributed by atoms with van der Waals surface area (Å²) in [4.78, 5) is 0.349. The van der Waals surface area contributed by atoms with E-state index < -0.39 is 9.84 Å². The van der Waals surface area contributed by atoms with E-state index >= 15 is 0 Å². The van der Waals surface area contributed by atoms with Gasteiger partial charge in [0.1, 0.15) is 5.01 Å². The Hall–Kier alpha value is -1.83. The Kier molecular flexibility index (Phi) is 5.46. The van der Waals surface area contributed by atoms with Crippen LogP contribution in [0.25, 0.3) is 0 Å². The van der Waals surface area contributed by atoms with E-state index in [4.69, 9.17) is 12.2 Å². The maximum absolute atomic E-state index is 12.8. The van der Waals surface area contributed by atoms with Gasteiger partial charge < -0.3 is 0 Å². The zero-order valence-electron chi connectivity index (χ0n) is 13.7. The van der Waals surface area contributed by atoms with Crippen molar-refractivity contribution in [2.45, 2.75) is 24.2 Å². The molecule has 1 heterocycles. The number of hydrogen-bond donors (Lipinski definition) is 1. The fourth-order valence-corrected chi connectivity index (χ4v) is 5.28. The number of rotatable bonds is 6. The van der Waals surface area contributed by atoms with Crippen molar-refractivity contribution >= 4 is 33.4 Å². The number of nitrogens with zero attached hydrogens (tertiary/aromatic N) is 1. The van der Waals surface area contributed by atoms with Crippen LogP contribution in [0.3, 0.4) is 0 Å². The lowest BCUT2D eigenvalue weighted by Crippen LogP contribution is -2.17. The molecule has 25 heavy (non-hydrogen) atoms. The third kappa shape index (κ3) is 4.62. The second kappa shape index (κ2) is 7.59. The Morgan fingerprint density at radius 2 is 1.80 bits per heavy atom. The monoisotopic (exact) mass is 390 g/mol. The minimum atomic E-state index is -3.39. The summed E-state index contributed by atoms with van der Waals surface area (Å²) in [5.41, 5.74) is 2.13. The molecule has 2 aromatic carbocycles. The minimum Gasteiger partial charge on any atom is -0.258 e. The Balaban J connectivity index is 1.93. The lowest BCUT2D eigenvalue weighted by Gasteiger charge is -2.17. The molecule has 0 amide bonds. The molecule has 1 unspecified atom stereocenters. The topological polar surface area (TPSA) is 62.8 Å². The molecule has 0 saturated carbocycles. The van der Waals surface area contributed by atoms with Gasteiger partial charge in [-0.1, -0.05) is 59.4 Å². The van der Waals surface area contributed by atoms with E-state index in [1.54, 1.807) is 24.3 Å². The maximum Gasteiger partial charge on any atom is 0.178 e. The highest BCUT2D eigenvalue weighted by molar-refractivity contribution is 7.91. The second-order valence-electron chi connectivity index (χ2n) is 5.91. The highest BCUT2D eigenvalue weighted by atomic mass is 32.2. The first-order valence-corrected chi connectivity index (χ1v) is 10.7. The van der Waals surface area contributed by atoms with Crippen molar-refractivity contribution < 1.29 is 8.42 Å². The van der Waals surface area contributed by atoms with E-state index in [9.17, 15) is 8.42 Å². The molecule has 3 rings (SSSR count). The Labute approximate surface area is 156 Å². The molecular weight excluding hydrogens is 372 g/mol. The van der Waals surface area contributed by atoms with Crippen LogP contribution in [-0.2, 0) is 16.3 Å². The van der Waals surface area contributed by atoms with Crippen molar-refractivity contribution in [2.75, 3.05) is 5.75 Å². The summed E-state index contributed by atoms with van der Waals surface area (Å²) in [5.74, 6) is -0.147. The summed E-state index contributed by atoms with van der Waals surface area (Å²) in [6.45, 7) is 2.01. The van der Waals surface area contributed by atoms with Gasteiger partial charge >= 0.3 is 0 Å². The van der Waals surface area contributed by atoms with Gasteiger partial charge in [-0.05, 0) is 36.8 Å². The Morgan fingerprint density at radius 3 is 2.40 bits per heavy atom. The molecule has 1 aromatic heterocycles. The van der Waals surface area contributed by atoms with E-state index in [1.807, 2.05) is 37.3 Å². The molecule has 0 aliphatic heterocycles. The zero-order chi connectivity index (χ0) is 17.9. The van der Waals surface area contributed by atoms with Gasteiger partial charge in [-0.3, -0.25) is 5.10 Å². The lowest BCUT2D eigenvalue weighted by molar-refractivity contribution is 0.586. The molecular formula is C18H18N2O2S3. The average Bonchev–Trinajstić information content (AvgIpc) is 3.00. The van der Waals surface area contributed by atoms with Crippen LogP contribution in [0.5, 0.6) is 0 Å². The second-order valence-corrected chi connectivity index (χ2v) is 9.70. The molecule has 0 fully saturated rings. The first-order valence-electron chi connectivity index (χ1n) is 7.83. The largest absolute Gasteiger partial charge is 0.258 e. The molecule has 130 valence electrons. The summed E-state index contributed by atoms with van der Waals surface area (Å²) in [5, 5.41) is 7.78. The molecule has 1 N–H and O–H groups in total. The van der Waals surface area contributed by atoms with Crippen molar-refractivity contribution in [3.05, 3.63) is 74.7 Å². The van der Waals surface area contributed by atoms with Crippen molar-refractivity contribution in [3.8, 4) is 0 Å². The summed E-state index contributed by atoms with van der Waals surface area (Å²) in [7, 11) is -3.39. The first kappa shape index (κ1) is 18.0. The fourth-order valence-electron chi connectivity index (χ4n) is 2.66. The van der Waals surface area contributed by atoms with E-state index in [1.165, 1.54) is 11.3 Å². The maximum atomic E-state index is 12.8. The van der Waals surface area contributed by atoms with Crippen LogP contribution in [0.1, 0.15) is 22.1 Å². The fraction of sp³-hybridized carbons (Fsp3) is 0.222. The SMILES string of the molecule is Cc1ccc(C(Cc2n[nH]c(=S)s2)CS(=O)(=O)c2ccccc2)cc1. The quantitative estimate of drug-likeness (QED) is 0.637. The number of benzene rings is 2. The summed E-state index contributed by atoms with van der Waals surface area (Å²) < 4.78 is 26.3. The van der Waals surface area contributed by atoms with Gasteiger partial charge in [0.05, 0.1) is 10.6 Å². The Bertz CT molecular complexity index is 991. The van der Waals surface area contributed by atoms with Crippen LogP contribution in [0.15, 0.2) is 59.5 Å². The van der Waals surface area contributed by atoms with E-state index in [0.717, 1.165) is 16.1 Å². The molecule has 0 aliphatic carbocycles. The standard InChI is InChI=1S/C18H18N2O2S3/c1-13-7-9-14(10-8-13)15(11-17-19-20-18(23)24-17)12-25(21,22)16-5-3-2-4-6-16/h2-10,15H,11-12H2,1H3,(H,20,23). The number of H-pyrrole nitrogens is 1. The highest BCUT2D eigenvalue weighted by Crippen LogP contribution is 2.26. The van der Waals surface area contributed by atoms with Crippen LogP contribution in [0.2, 0.25) is 0 Å². The number of hydrogen-bond acceptors (Lipinski definition) is 5. The van der Waals surface area contributed by atoms with Crippen molar-refractivity contribution in [1.82, 2.24) is 10.2 Å². The molecule has 0 radical (unpaired) electrons. The minimum absolute atomic E-state index is 0.0341. The van der Waals surface area contributed by atoms with Gasteiger partial charge in [-0.15, -0.1) is 0 Å². The number of aromatic amines is 1. The van der Waals surface area contributed by atoms with Gasteiger partial charge in [-0.2, -0.15) is 5.10 Å².